The van der Waals surface area contributed by atoms with Crippen molar-refractivity contribution in [3.05, 3.63) is 39.2 Å². The Balaban J connectivity index is 2.05. The number of nitrogens with one attached hydrogen (secondary N) is 1. The van der Waals surface area contributed by atoms with Crippen LogP contribution in [0.4, 0.5) is 0 Å². The molecule has 1 aliphatic rings. The van der Waals surface area contributed by atoms with Gasteiger partial charge in [-0.1, -0.05) is 12.7 Å². The minimum atomic E-state index is -5.69. The van der Waals surface area contributed by atoms with E-state index in [-0.39, 0.29) is 12.0 Å². The summed E-state index contributed by atoms with van der Waals surface area (Å²) in [7, 11) is -16.6. The molecule has 1 saturated heterocycles. The van der Waals surface area contributed by atoms with Gasteiger partial charge in [-0.05, 0) is 0 Å². The van der Waals surface area contributed by atoms with Gasteiger partial charge in [0.2, 0.25) is 0 Å². The van der Waals surface area contributed by atoms with Crippen molar-refractivity contribution in [2.24, 2.45) is 0 Å². The predicted octanol–water partition coefficient (Wildman–Crippen LogP) is -0.829. The summed E-state index contributed by atoms with van der Waals surface area (Å²) in [6, 6.07) is 0. The van der Waals surface area contributed by atoms with Crippen molar-refractivity contribution in [3.8, 4) is 0 Å². The maximum atomic E-state index is 11.9. The van der Waals surface area contributed by atoms with Gasteiger partial charge in [-0.2, -0.15) is 8.62 Å². The van der Waals surface area contributed by atoms with Crippen LogP contribution in [0.1, 0.15) is 18.2 Å². The quantitative estimate of drug-likeness (QED) is 0.230. The van der Waals surface area contributed by atoms with Crippen molar-refractivity contribution in [1.29, 1.82) is 0 Å². The Labute approximate surface area is 166 Å². The van der Waals surface area contributed by atoms with Gasteiger partial charge in [0.1, 0.15) is 12.3 Å². The highest BCUT2D eigenvalue weighted by Gasteiger charge is 2.42. The van der Waals surface area contributed by atoms with Crippen LogP contribution in [0.5, 0.6) is 0 Å². The molecule has 1 aromatic rings. The Morgan fingerprint density at radius 2 is 1.83 bits per heavy atom. The zero-order valence-corrected chi connectivity index (χ0v) is 17.4. The molecule has 16 nitrogen and oxygen atoms in total. The van der Waals surface area contributed by atoms with E-state index in [1.807, 2.05) is 4.98 Å². The third kappa shape index (κ3) is 6.89. The topological polar surface area (TPSA) is 244 Å². The molecule has 0 amide bonds. The lowest BCUT2D eigenvalue weighted by Crippen LogP contribution is -2.33. The highest BCUT2D eigenvalue weighted by atomic mass is 31.3. The van der Waals surface area contributed by atoms with Gasteiger partial charge < -0.3 is 29.4 Å². The van der Waals surface area contributed by atoms with E-state index in [0.29, 0.717) is 0 Å². The van der Waals surface area contributed by atoms with Gasteiger partial charge in [0.05, 0.1) is 18.3 Å². The summed E-state index contributed by atoms with van der Waals surface area (Å²) in [5.74, 6) is 0. The van der Waals surface area contributed by atoms with Crippen LogP contribution in [0.3, 0.4) is 0 Å². The summed E-state index contributed by atoms with van der Waals surface area (Å²) in [6.45, 7) is 2.51. The first-order valence-corrected chi connectivity index (χ1v) is 12.2. The number of aliphatic hydroxyl groups is 1. The zero-order chi connectivity index (χ0) is 22.9. The third-order valence-electron chi connectivity index (χ3n) is 3.55. The van der Waals surface area contributed by atoms with Crippen LogP contribution in [-0.4, -0.2) is 53.0 Å². The molecule has 30 heavy (non-hydrogen) atoms. The largest absolute Gasteiger partial charge is 0.490 e. The molecule has 6 N–H and O–H groups in total. The second-order valence-corrected chi connectivity index (χ2v) is 10.2. The molecule has 5 atom stereocenters. The number of hydrogen-bond acceptors (Lipinski definition) is 10. The van der Waals surface area contributed by atoms with Crippen LogP contribution < -0.4 is 11.2 Å². The number of aromatic nitrogens is 2. The fourth-order valence-corrected chi connectivity index (χ4v) is 5.40. The average molecular weight is 494 g/mol. The normalized spacial score (nSPS) is 26.1. The minimum Gasteiger partial charge on any atom is -0.390 e. The summed E-state index contributed by atoms with van der Waals surface area (Å²) < 4.78 is 51.3. The van der Waals surface area contributed by atoms with Gasteiger partial charge in [-0.25, -0.2) is 18.5 Å². The van der Waals surface area contributed by atoms with Crippen molar-refractivity contribution >= 4 is 29.5 Å². The van der Waals surface area contributed by atoms with E-state index in [2.05, 4.69) is 19.7 Å². The van der Waals surface area contributed by atoms with E-state index in [0.717, 1.165) is 10.8 Å². The van der Waals surface area contributed by atoms with Crippen molar-refractivity contribution < 1.29 is 56.3 Å². The van der Waals surface area contributed by atoms with Gasteiger partial charge in [-0.15, -0.1) is 0 Å². The summed E-state index contributed by atoms with van der Waals surface area (Å²) >= 11 is 0. The van der Waals surface area contributed by atoms with Gasteiger partial charge >= 0.3 is 29.2 Å². The maximum Gasteiger partial charge on any atom is 0.490 e. The van der Waals surface area contributed by atoms with Crippen molar-refractivity contribution in [2.75, 3.05) is 6.61 Å². The first-order chi connectivity index (χ1) is 13.6. The average Bonchev–Trinajstić information content (AvgIpc) is 2.90. The molecule has 0 aliphatic carbocycles. The fourth-order valence-electron chi connectivity index (χ4n) is 2.37. The summed E-state index contributed by atoms with van der Waals surface area (Å²) in [4.78, 5) is 60.9. The number of aromatic amines is 1. The third-order valence-corrected chi connectivity index (χ3v) is 7.35. The summed E-state index contributed by atoms with van der Waals surface area (Å²) in [6.07, 6.45) is -1.69. The Morgan fingerprint density at radius 1 is 1.20 bits per heavy atom. The molecule has 19 heteroatoms. The van der Waals surface area contributed by atoms with Crippen LogP contribution in [0.15, 0.2) is 22.4 Å². The van der Waals surface area contributed by atoms with Gasteiger partial charge in [0.25, 0.3) is 5.56 Å². The number of aliphatic hydroxyl groups excluding tert-OH is 1. The number of hydrogen-bond donors (Lipinski definition) is 6. The highest BCUT2D eigenvalue weighted by molar-refractivity contribution is 7.66. The smallest absolute Gasteiger partial charge is 0.390 e. The molecule has 0 saturated carbocycles. The van der Waals surface area contributed by atoms with E-state index in [1.165, 1.54) is 6.08 Å². The number of phosphoric ester groups is 1. The molecule has 2 unspecified atom stereocenters. The first-order valence-electron chi connectivity index (χ1n) is 7.72. The summed E-state index contributed by atoms with van der Waals surface area (Å²) in [5.41, 5.74) is -1.53. The molecule has 0 spiro atoms. The van der Waals surface area contributed by atoms with Crippen LogP contribution >= 0.6 is 23.5 Å². The first kappa shape index (κ1) is 25.0. The zero-order valence-electron chi connectivity index (χ0n) is 14.7. The van der Waals surface area contributed by atoms with E-state index >= 15 is 0 Å². The molecule has 0 bridgehead atoms. The molecule has 1 aromatic heterocycles. The molecular weight excluding hydrogens is 477 g/mol. The van der Waals surface area contributed by atoms with Crippen LogP contribution in [-0.2, 0) is 31.6 Å². The number of H-pyrrole nitrogens is 1. The number of rotatable bonds is 9. The Morgan fingerprint density at radius 3 is 2.40 bits per heavy atom. The monoisotopic (exact) mass is 494 g/mol. The fraction of sp³-hybridized carbons (Fsp3) is 0.455. The number of ether oxygens (including phenoxy) is 1. The Bertz CT molecular complexity index is 1060. The second kappa shape index (κ2) is 9.09. The van der Waals surface area contributed by atoms with E-state index in [9.17, 15) is 33.3 Å². The molecule has 0 aromatic carbocycles. The molecular formula is C11H17N2O14P3. The molecule has 170 valence electrons. The molecule has 2 rings (SSSR count). The second-order valence-electron chi connectivity index (χ2n) is 5.77. The van der Waals surface area contributed by atoms with E-state index < -0.39 is 59.8 Å². The lowest BCUT2D eigenvalue weighted by atomic mass is 10.2. The van der Waals surface area contributed by atoms with Crippen molar-refractivity contribution in [1.82, 2.24) is 9.55 Å². The molecule has 1 fully saturated rings. The number of nitrogens with zero attached hydrogens (tertiary/aromatic N) is 1. The van der Waals surface area contributed by atoms with Gasteiger partial charge in [-0.3, -0.25) is 18.9 Å². The number of phosphoric acid groups is 3. The van der Waals surface area contributed by atoms with E-state index in [4.69, 9.17) is 19.4 Å². The molecule has 2 heterocycles. The lowest BCUT2D eigenvalue weighted by molar-refractivity contribution is -0.0450. The minimum absolute atomic E-state index is 0.0319. The SMILES string of the molecule is C=Cc1cn([C@H]2C[C@H](O)[C@@H](COP(=O)(O)OP(=O)(O)OP(=O)(O)O)O2)c(=O)[nH]c1=O. The standard InChI is InChI=1S/C11H17N2O14P3/c1-2-6-4-13(11(16)12-10(6)15)9-3-7(14)8(25-9)5-24-29(20,21)27-30(22,23)26-28(17,18)19/h2,4,7-9,14H,1,3,5H2,(H,20,21)(H,22,23)(H,12,15,16)(H2,17,18,19)/t7-,8+,9+/m0/s1. The van der Waals surface area contributed by atoms with Crippen LogP contribution in [0.2, 0.25) is 0 Å². The Kier molecular flexibility index (Phi) is 7.58. The summed E-state index contributed by atoms with van der Waals surface area (Å²) in [5, 5.41) is 10.0. The highest BCUT2D eigenvalue weighted by Crippen LogP contribution is 2.66. The van der Waals surface area contributed by atoms with Crippen molar-refractivity contribution in [2.45, 2.75) is 24.9 Å². The van der Waals surface area contributed by atoms with Gasteiger partial charge in [0.15, 0.2) is 0 Å². The maximum absolute atomic E-state index is 11.9. The lowest BCUT2D eigenvalue weighted by Gasteiger charge is -2.19. The van der Waals surface area contributed by atoms with E-state index in [1.54, 1.807) is 0 Å². The Hall–Kier alpha value is -1.25. The van der Waals surface area contributed by atoms with Crippen LogP contribution in [0, 0.1) is 0 Å². The van der Waals surface area contributed by atoms with Crippen molar-refractivity contribution in [3.63, 3.8) is 0 Å². The van der Waals surface area contributed by atoms with Crippen LogP contribution in [0.25, 0.3) is 6.08 Å². The molecule has 1 aliphatic heterocycles. The van der Waals surface area contributed by atoms with Gasteiger partial charge in [0, 0.05) is 12.6 Å². The molecule has 0 radical (unpaired) electrons. The predicted molar refractivity (Wildman–Crippen MR) is 95.8 cm³/mol.